The van der Waals surface area contributed by atoms with E-state index in [0.29, 0.717) is 27.8 Å². The van der Waals surface area contributed by atoms with Crippen LogP contribution >= 0.6 is 23.2 Å². The molecule has 0 aliphatic heterocycles. The van der Waals surface area contributed by atoms with Crippen molar-refractivity contribution in [1.29, 1.82) is 0 Å². The first-order chi connectivity index (χ1) is 9.19. The van der Waals surface area contributed by atoms with Crippen molar-refractivity contribution in [1.82, 2.24) is 5.32 Å². The summed E-state index contributed by atoms with van der Waals surface area (Å²) in [5.41, 5.74) is 6.26. The topological polar surface area (TPSA) is 64.3 Å². The first-order valence-corrected chi connectivity index (χ1v) is 6.82. The molecule has 4 nitrogen and oxygen atoms in total. The summed E-state index contributed by atoms with van der Waals surface area (Å²) in [6, 6.07) is 3.24. The number of hydrogen-bond acceptors (Lipinski definition) is 3. The number of carbonyl (C=O) groups excluding carboxylic acids is 1. The van der Waals surface area contributed by atoms with Gasteiger partial charge in [-0.15, -0.1) is 0 Å². The number of amides is 1. The van der Waals surface area contributed by atoms with Crippen molar-refractivity contribution in [2.75, 3.05) is 12.3 Å². The van der Waals surface area contributed by atoms with Gasteiger partial charge in [0.1, 0.15) is 5.60 Å². The molecular weight excluding hydrogens is 299 g/mol. The Bertz CT molecular complexity index is 499. The Balaban J connectivity index is 2.56. The van der Waals surface area contributed by atoms with Crippen molar-refractivity contribution >= 4 is 41.1 Å². The molecule has 1 aromatic rings. The van der Waals surface area contributed by atoms with Gasteiger partial charge in [0.15, 0.2) is 0 Å². The van der Waals surface area contributed by atoms with Gasteiger partial charge < -0.3 is 15.8 Å². The van der Waals surface area contributed by atoms with E-state index in [9.17, 15) is 4.79 Å². The summed E-state index contributed by atoms with van der Waals surface area (Å²) in [6.07, 6.45) is 2.98. The van der Waals surface area contributed by atoms with Crippen molar-refractivity contribution in [3.63, 3.8) is 0 Å². The predicted molar refractivity (Wildman–Crippen MR) is 84.1 cm³/mol. The van der Waals surface area contributed by atoms with E-state index < -0.39 is 11.7 Å². The lowest BCUT2D eigenvalue weighted by molar-refractivity contribution is 0.0534. The van der Waals surface area contributed by atoms with Crippen LogP contribution in [0.2, 0.25) is 10.0 Å². The van der Waals surface area contributed by atoms with Crippen LogP contribution in [-0.2, 0) is 4.74 Å². The van der Waals surface area contributed by atoms with Gasteiger partial charge in [0, 0.05) is 17.8 Å². The SMILES string of the molecule is CC(C)(C)OC(=O)NCC=Cc1c(Cl)cc(N)cc1Cl. The van der Waals surface area contributed by atoms with Crippen molar-refractivity contribution < 1.29 is 9.53 Å². The van der Waals surface area contributed by atoms with E-state index in [4.69, 9.17) is 33.7 Å². The zero-order valence-corrected chi connectivity index (χ0v) is 13.2. The zero-order valence-electron chi connectivity index (χ0n) is 11.7. The molecule has 0 saturated heterocycles. The van der Waals surface area contributed by atoms with Gasteiger partial charge >= 0.3 is 6.09 Å². The van der Waals surface area contributed by atoms with Crippen molar-refractivity contribution in [2.24, 2.45) is 0 Å². The maximum absolute atomic E-state index is 11.4. The second kappa shape index (κ2) is 6.86. The molecule has 0 saturated carbocycles. The maximum atomic E-state index is 11.4. The fourth-order valence-electron chi connectivity index (χ4n) is 1.40. The fourth-order valence-corrected chi connectivity index (χ4v) is 2.03. The Morgan fingerprint density at radius 2 is 1.90 bits per heavy atom. The number of nitrogens with one attached hydrogen (secondary N) is 1. The standard InChI is InChI=1S/C14H18Cl2N2O2/c1-14(2,3)20-13(19)18-6-4-5-10-11(15)7-9(17)8-12(10)16/h4-5,7-8H,6,17H2,1-3H3,(H,18,19). The van der Waals surface area contributed by atoms with Crippen LogP contribution in [0.5, 0.6) is 0 Å². The summed E-state index contributed by atoms with van der Waals surface area (Å²) in [7, 11) is 0. The average Bonchev–Trinajstić information content (AvgIpc) is 2.23. The molecule has 3 N–H and O–H groups in total. The molecule has 1 amide bonds. The van der Waals surface area contributed by atoms with Crippen LogP contribution in [0, 0.1) is 0 Å². The van der Waals surface area contributed by atoms with E-state index in [-0.39, 0.29) is 0 Å². The molecule has 0 radical (unpaired) electrons. The number of nitrogen functional groups attached to an aromatic ring is 1. The van der Waals surface area contributed by atoms with E-state index in [1.54, 1.807) is 45.1 Å². The number of alkyl carbamates (subject to hydrolysis) is 1. The minimum Gasteiger partial charge on any atom is -0.444 e. The van der Waals surface area contributed by atoms with Gasteiger partial charge in [-0.05, 0) is 32.9 Å². The molecule has 0 spiro atoms. The van der Waals surface area contributed by atoms with Gasteiger partial charge in [0.05, 0.1) is 10.0 Å². The van der Waals surface area contributed by atoms with Crippen LogP contribution in [0.1, 0.15) is 26.3 Å². The zero-order chi connectivity index (χ0) is 15.3. The Labute approximate surface area is 128 Å². The summed E-state index contributed by atoms with van der Waals surface area (Å²) < 4.78 is 5.10. The lowest BCUT2D eigenvalue weighted by atomic mass is 10.2. The van der Waals surface area contributed by atoms with Crippen LogP contribution in [0.25, 0.3) is 6.08 Å². The van der Waals surface area contributed by atoms with Crippen LogP contribution in [-0.4, -0.2) is 18.2 Å². The minimum atomic E-state index is -0.516. The number of rotatable bonds is 3. The number of halogens is 2. The Morgan fingerprint density at radius 3 is 2.40 bits per heavy atom. The maximum Gasteiger partial charge on any atom is 0.407 e. The van der Waals surface area contributed by atoms with Gasteiger partial charge in [-0.3, -0.25) is 0 Å². The summed E-state index contributed by atoms with van der Waals surface area (Å²) >= 11 is 12.1. The minimum absolute atomic E-state index is 0.311. The molecule has 0 aliphatic carbocycles. The molecule has 6 heteroatoms. The molecule has 110 valence electrons. The lowest BCUT2D eigenvalue weighted by Crippen LogP contribution is -2.32. The third-order valence-electron chi connectivity index (χ3n) is 2.15. The molecule has 0 aromatic heterocycles. The van der Waals surface area contributed by atoms with Gasteiger partial charge in [-0.1, -0.05) is 35.4 Å². The molecule has 0 atom stereocenters. The summed E-state index contributed by atoms with van der Waals surface area (Å²) in [4.78, 5) is 11.4. The molecule has 0 fully saturated rings. The first-order valence-electron chi connectivity index (χ1n) is 6.07. The molecule has 1 rings (SSSR count). The van der Waals surface area contributed by atoms with E-state index in [1.165, 1.54) is 0 Å². The number of hydrogen-bond donors (Lipinski definition) is 2. The highest BCUT2D eigenvalue weighted by molar-refractivity contribution is 6.37. The third-order valence-corrected chi connectivity index (χ3v) is 2.77. The monoisotopic (exact) mass is 316 g/mol. The summed E-state index contributed by atoms with van der Waals surface area (Å²) in [6.45, 7) is 5.72. The normalized spacial score (nSPS) is 11.7. The fraction of sp³-hybridized carbons (Fsp3) is 0.357. The lowest BCUT2D eigenvalue weighted by Gasteiger charge is -2.19. The van der Waals surface area contributed by atoms with Crippen molar-refractivity contribution in [3.05, 3.63) is 33.8 Å². The largest absolute Gasteiger partial charge is 0.444 e. The molecule has 0 aliphatic rings. The summed E-state index contributed by atoms with van der Waals surface area (Å²) in [5.74, 6) is 0. The summed E-state index contributed by atoms with van der Waals surface area (Å²) in [5, 5.41) is 3.52. The Hall–Kier alpha value is -1.39. The predicted octanol–water partition coefficient (Wildman–Crippen LogP) is 4.11. The number of carbonyl (C=O) groups is 1. The van der Waals surface area contributed by atoms with E-state index >= 15 is 0 Å². The molecule has 0 heterocycles. The quantitative estimate of drug-likeness (QED) is 0.825. The number of benzene rings is 1. The van der Waals surface area contributed by atoms with Crippen LogP contribution in [0.15, 0.2) is 18.2 Å². The van der Waals surface area contributed by atoms with Gasteiger partial charge in [0.25, 0.3) is 0 Å². The Morgan fingerprint density at radius 1 is 1.35 bits per heavy atom. The highest BCUT2D eigenvalue weighted by Gasteiger charge is 2.15. The van der Waals surface area contributed by atoms with Crippen LogP contribution < -0.4 is 11.1 Å². The van der Waals surface area contributed by atoms with E-state index in [1.807, 2.05) is 0 Å². The first kappa shape index (κ1) is 16.7. The highest BCUT2D eigenvalue weighted by atomic mass is 35.5. The van der Waals surface area contributed by atoms with Gasteiger partial charge in [0.2, 0.25) is 0 Å². The van der Waals surface area contributed by atoms with Crippen molar-refractivity contribution in [3.8, 4) is 0 Å². The Kier molecular flexibility index (Phi) is 5.72. The number of ether oxygens (including phenoxy) is 1. The number of anilines is 1. The van der Waals surface area contributed by atoms with Crippen LogP contribution in [0.4, 0.5) is 10.5 Å². The van der Waals surface area contributed by atoms with E-state index in [0.717, 1.165) is 0 Å². The highest BCUT2D eigenvalue weighted by Crippen LogP contribution is 2.28. The second-order valence-corrected chi connectivity index (χ2v) is 6.00. The molecule has 0 unspecified atom stereocenters. The molecule has 20 heavy (non-hydrogen) atoms. The smallest absolute Gasteiger partial charge is 0.407 e. The van der Waals surface area contributed by atoms with Gasteiger partial charge in [-0.25, -0.2) is 4.79 Å². The third kappa shape index (κ3) is 5.72. The van der Waals surface area contributed by atoms with Crippen molar-refractivity contribution in [2.45, 2.75) is 26.4 Å². The number of nitrogens with two attached hydrogens (primary N) is 1. The molecular formula is C14H18Cl2N2O2. The van der Waals surface area contributed by atoms with Crippen LogP contribution in [0.3, 0.4) is 0 Å². The average molecular weight is 317 g/mol. The van der Waals surface area contributed by atoms with Gasteiger partial charge in [-0.2, -0.15) is 0 Å². The molecule has 1 aromatic carbocycles. The van der Waals surface area contributed by atoms with E-state index in [2.05, 4.69) is 5.32 Å². The second-order valence-electron chi connectivity index (χ2n) is 5.18. The molecule has 0 bridgehead atoms.